The standard InChI is InChI=1S/C93H81BN4/c1-91(2,3)58-61-50-88-90-89(51-61)98(85-57-75(63-32-16-11-17-33-63)67(60-93(7,8)9)53-77(85)65-36-20-13-21-37-65)87-55-69(96-82-44-28-24-40-72(82)73-41-25-29-45-83(73)96)47-49-79(87)94(90)78-48-46-68(95-80-42-26-22-38-70(80)71-39-23-27-43-81(71)95)54-86(78)97(88)84-56-74(62-30-14-10-15-31-62)66(59-92(4,5)6)52-76(84)64-34-18-12-19-35-64/h10-57H,58-60H2,1-9H3/i22D,23D,24D,25D,26D,27D,28D,29D,38D,39D,40D,41D,42D,43D,44D,45D,58D2,59D2,60D2. The molecule has 0 N–H and O–H groups in total. The highest BCUT2D eigenvalue weighted by atomic mass is 15.2. The Morgan fingerprint density at radius 1 is 0.316 bits per heavy atom. The first kappa shape index (κ1) is 41.3. The maximum absolute atomic E-state index is 10.8. The number of fused-ring (bicyclic) bond motifs is 10. The molecule has 4 heterocycles. The van der Waals surface area contributed by atoms with Gasteiger partial charge in [-0.2, -0.15) is 0 Å². The highest BCUT2D eigenvalue weighted by Gasteiger charge is 2.45. The predicted octanol–water partition coefficient (Wildman–Crippen LogP) is 23.4. The lowest BCUT2D eigenvalue weighted by molar-refractivity contribution is 0.411. The van der Waals surface area contributed by atoms with Crippen LogP contribution in [0.15, 0.2) is 291 Å². The molecular weight excluding hydrogens is 1180 g/mol. The highest BCUT2D eigenvalue weighted by Crippen LogP contribution is 2.53. The summed E-state index contributed by atoms with van der Waals surface area (Å²) in [4.78, 5) is 4.04. The average molecular weight is 1290 g/mol. The minimum Gasteiger partial charge on any atom is -0.311 e. The van der Waals surface area contributed by atoms with Crippen molar-refractivity contribution in [2.75, 3.05) is 9.80 Å². The third-order valence-electron chi connectivity index (χ3n) is 18.3. The largest absolute Gasteiger partial charge is 0.311 e. The number of hydrogen-bond donors (Lipinski definition) is 0. The molecule has 4 nitrogen and oxygen atoms in total. The topological polar surface area (TPSA) is 16.3 Å². The van der Waals surface area contributed by atoms with Crippen LogP contribution in [0.3, 0.4) is 0 Å². The van der Waals surface area contributed by atoms with Crippen LogP contribution in [0.4, 0.5) is 34.1 Å². The van der Waals surface area contributed by atoms with Crippen molar-refractivity contribution in [3.8, 4) is 55.9 Å². The lowest BCUT2D eigenvalue weighted by atomic mass is 9.33. The molecule has 476 valence electrons. The highest BCUT2D eigenvalue weighted by molar-refractivity contribution is 7.00. The van der Waals surface area contributed by atoms with Gasteiger partial charge >= 0.3 is 0 Å². The van der Waals surface area contributed by atoms with E-state index in [4.69, 9.17) is 5.48 Å². The van der Waals surface area contributed by atoms with Crippen LogP contribution in [-0.4, -0.2) is 15.8 Å². The van der Waals surface area contributed by atoms with E-state index in [1.807, 2.05) is 221 Å². The van der Waals surface area contributed by atoms with Crippen LogP contribution in [0, 0.1) is 16.2 Å². The minimum atomic E-state index is -2.30. The Morgan fingerprint density at radius 3 is 0.959 bits per heavy atom. The fourth-order valence-corrected chi connectivity index (χ4v) is 14.6. The zero-order valence-electron chi connectivity index (χ0n) is 77.8. The maximum atomic E-state index is 10.8. The van der Waals surface area contributed by atoms with Crippen LogP contribution in [0.2, 0.25) is 0 Å². The van der Waals surface area contributed by atoms with Gasteiger partial charge in [0.1, 0.15) is 0 Å². The number of anilines is 6. The summed E-state index contributed by atoms with van der Waals surface area (Å²) in [7, 11) is 0. The average Bonchev–Trinajstić information content (AvgIpc) is 1.16. The zero-order chi connectivity index (χ0) is 86.1. The summed E-state index contributed by atoms with van der Waals surface area (Å²) in [5.41, 5.74) is 5.75. The van der Waals surface area contributed by atoms with Gasteiger partial charge in [0.2, 0.25) is 0 Å². The van der Waals surface area contributed by atoms with Crippen LogP contribution < -0.4 is 26.2 Å². The molecular formula is C93H81BN4. The Morgan fingerprint density at radius 2 is 0.633 bits per heavy atom. The first-order valence-electron chi connectivity index (χ1n) is 44.1. The van der Waals surface area contributed by atoms with Gasteiger partial charge in [0.25, 0.3) is 6.71 Å². The van der Waals surface area contributed by atoms with E-state index >= 15 is 0 Å². The Hall–Kier alpha value is -10.9. The summed E-state index contributed by atoms with van der Waals surface area (Å²) >= 11 is 0. The number of benzene rings is 13. The van der Waals surface area contributed by atoms with Crippen molar-refractivity contribution in [1.82, 2.24) is 9.13 Å². The van der Waals surface area contributed by atoms with E-state index in [-0.39, 0.29) is 60.5 Å². The van der Waals surface area contributed by atoms with Gasteiger partial charge in [0.05, 0.1) is 55.4 Å². The Labute approximate surface area is 608 Å². The van der Waals surface area contributed by atoms with E-state index in [0.717, 1.165) is 0 Å². The van der Waals surface area contributed by atoms with Crippen molar-refractivity contribution in [1.29, 1.82) is 0 Å². The molecule has 15 aromatic rings. The van der Waals surface area contributed by atoms with Gasteiger partial charge in [-0.15, -0.1) is 0 Å². The van der Waals surface area contributed by atoms with Gasteiger partial charge in [-0.1, -0.05) is 268 Å². The van der Waals surface area contributed by atoms with Crippen LogP contribution in [-0.2, 0) is 19.1 Å². The Balaban J connectivity index is 1.12. The fourth-order valence-electron chi connectivity index (χ4n) is 14.6. The molecule has 0 saturated carbocycles. The van der Waals surface area contributed by atoms with E-state index in [9.17, 15) is 24.7 Å². The molecule has 0 unspecified atom stereocenters. The number of para-hydroxylation sites is 4. The quantitative estimate of drug-likeness (QED) is 0.120. The number of nitrogens with zero attached hydrogens (tertiary/aromatic N) is 4. The summed E-state index contributed by atoms with van der Waals surface area (Å²) in [5.74, 6) is 0. The molecule has 13 aromatic carbocycles. The summed E-state index contributed by atoms with van der Waals surface area (Å²) < 4.78 is 217. The second-order valence-electron chi connectivity index (χ2n) is 28.5. The lowest BCUT2D eigenvalue weighted by Gasteiger charge is -2.46. The first-order chi connectivity index (χ1) is 56.5. The van der Waals surface area contributed by atoms with Crippen molar-refractivity contribution in [2.24, 2.45) is 16.2 Å². The van der Waals surface area contributed by atoms with Gasteiger partial charge in [0.15, 0.2) is 0 Å². The summed E-state index contributed by atoms with van der Waals surface area (Å²) in [5, 5.41) is -0.653. The van der Waals surface area contributed by atoms with E-state index < -0.39 is 139 Å². The molecule has 0 radical (unpaired) electrons. The molecule has 98 heavy (non-hydrogen) atoms. The van der Waals surface area contributed by atoms with Gasteiger partial charge in [0, 0.05) is 75.0 Å². The summed E-state index contributed by atoms with van der Waals surface area (Å²) in [6.07, 6.45) is -6.44. The molecule has 2 aliphatic rings. The van der Waals surface area contributed by atoms with Crippen molar-refractivity contribution >= 4 is 101 Å². The van der Waals surface area contributed by atoms with Crippen LogP contribution in [0.25, 0.3) is 99.5 Å². The molecule has 0 spiro atoms. The summed E-state index contributed by atoms with van der Waals surface area (Å²) in [6.45, 7) is 15.5. The number of rotatable bonds is 11. The van der Waals surface area contributed by atoms with Crippen molar-refractivity contribution in [3.05, 3.63) is 307 Å². The molecule has 2 aromatic heterocycles. The van der Waals surface area contributed by atoms with Gasteiger partial charge in [-0.3, -0.25) is 0 Å². The normalized spacial score (nSPS) is 16.6. The van der Waals surface area contributed by atoms with Gasteiger partial charge in [-0.05, 0) is 187 Å². The van der Waals surface area contributed by atoms with E-state index in [1.165, 1.54) is 9.13 Å². The predicted molar refractivity (Wildman–Crippen MR) is 420 cm³/mol. The summed E-state index contributed by atoms with van der Waals surface area (Å²) in [6, 6.07) is 50.5. The van der Waals surface area contributed by atoms with Gasteiger partial charge < -0.3 is 18.9 Å². The molecule has 0 fully saturated rings. The zero-order valence-corrected chi connectivity index (χ0v) is 55.8. The van der Waals surface area contributed by atoms with Crippen LogP contribution >= 0.6 is 0 Å². The monoisotopic (exact) mass is 1290 g/mol. The molecule has 0 saturated heterocycles. The second kappa shape index (κ2) is 23.5. The third-order valence-corrected chi connectivity index (χ3v) is 18.3. The third kappa shape index (κ3) is 10.6. The maximum Gasteiger partial charge on any atom is 0.252 e. The van der Waals surface area contributed by atoms with E-state index in [0.29, 0.717) is 106 Å². The van der Waals surface area contributed by atoms with Gasteiger partial charge in [-0.25, -0.2) is 0 Å². The lowest BCUT2D eigenvalue weighted by Crippen LogP contribution is -2.61. The Bertz CT molecular complexity index is 6360. The molecule has 0 amide bonds. The first-order valence-corrected chi connectivity index (χ1v) is 33.1. The van der Waals surface area contributed by atoms with Crippen molar-refractivity contribution < 1.29 is 30.2 Å². The van der Waals surface area contributed by atoms with Crippen LogP contribution in [0.5, 0.6) is 0 Å². The molecule has 17 rings (SSSR count). The minimum absolute atomic E-state index is 0.149. The second-order valence-corrected chi connectivity index (χ2v) is 28.5. The van der Waals surface area contributed by atoms with Crippen LogP contribution in [0.1, 0.15) is 109 Å². The molecule has 0 aliphatic carbocycles. The molecule has 2 aliphatic heterocycles. The number of aromatic nitrogens is 2. The molecule has 0 atom stereocenters. The van der Waals surface area contributed by atoms with Crippen molar-refractivity contribution in [2.45, 2.75) is 81.4 Å². The smallest absolute Gasteiger partial charge is 0.252 e. The molecule has 5 heteroatoms. The SMILES string of the molecule is [2H]c1c([2H])c([2H])c2c(c1[2H])c1c([2H])c([2H])c([2H])c([2H])c1n2-c1ccc2c(c1)N(c1cc(-c3ccccc3)c(C([2H])([2H])C(C)(C)C)cc1-c1ccccc1)c1cc(C([2H])([2H])C(C)(C)C)cc3c1B2c1ccc(-n2c4c([2H])c([2H])c([2H])c([2H])c4c4c([2H])c([2H])c([2H])c([2H])c42)cc1N3c1cc(-c2ccccc2)c(C([2H])([2H])C(C)(C)C)cc1-c1ccccc1. The number of hydrogen-bond acceptors (Lipinski definition) is 2. The van der Waals surface area contributed by atoms with Crippen molar-refractivity contribution in [3.63, 3.8) is 0 Å². The van der Waals surface area contributed by atoms with E-state index in [1.54, 1.807) is 45.0 Å². The van der Waals surface area contributed by atoms with E-state index in [2.05, 4.69) is 0 Å². The Kier molecular flexibility index (Phi) is 9.88. The molecule has 0 bridgehead atoms. The fraction of sp³-hybridized carbons (Fsp3) is 0.161.